The molecule has 0 spiro atoms. The molecule has 1 atom stereocenters. The number of nitro groups is 1. The molecule has 4 rings (SSSR count). The first-order valence-electron chi connectivity index (χ1n) is 12.8. The number of hydrogen-bond donors (Lipinski definition) is 2. The predicted octanol–water partition coefficient (Wildman–Crippen LogP) is 1.61. The summed E-state index contributed by atoms with van der Waals surface area (Å²) in [4.78, 5) is 43.2. The zero-order valence-corrected chi connectivity index (χ0v) is 22.6. The molecular weight excluding hydrogens is 532 g/mol. The number of nitrogens with two attached hydrogens (primary N) is 1. The third-order valence-electron chi connectivity index (χ3n) is 7.15. The molecule has 0 aliphatic carbocycles. The van der Waals surface area contributed by atoms with Crippen molar-refractivity contribution in [3.05, 3.63) is 86.9 Å². The van der Waals surface area contributed by atoms with E-state index in [1.54, 1.807) is 36.4 Å². The molecule has 0 bridgehead atoms. The maximum atomic E-state index is 13.3. The number of benzene rings is 2. The summed E-state index contributed by atoms with van der Waals surface area (Å²) in [5, 5.41) is 31.6. The van der Waals surface area contributed by atoms with E-state index < -0.39 is 22.8 Å². The van der Waals surface area contributed by atoms with Crippen LogP contribution in [0, 0.1) is 21.4 Å². The molecule has 2 aromatic carbocycles. The molecule has 0 saturated carbocycles. The van der Waals surface area contributed by atoms with Crippen LogP contribution < -0.4 is 15.5 Å². The molecule has 1 saturated heterocycles. The lowest BCUT2D eigenvalue weighted by molar-refractivity contribution is -0.384. The van der Waals surface area contributed by atoms with E-state index in [1.165, 1.54) is 12.1 Å². The molecule has 2 heterocycles. The highest BCUT2D eigenvalue weighted by atomic mass is 16.6. The lowest BCUT2D eigenvalue weighted by Crippen LogP contribution is -2.47. The Morgan fingerprint density at radius 2 is 1.76 bits per heavy atom. The largest absolute Gasteiger partial charge is 0.466 e. The highest BCUT2D eigenvalue weighted by Gasteiger charge is 2.43. The number of piperazine rings is 1. The second-order valence-electron chi connectivity index (χ2n) is 9.32. The Balaban J connectivity index is 1.90. The number of rotatable bonds is 8. The molecule has 3 N–H and O–H groups in total. The molecule has 13 nitrogen and oxygen atoms in total. The van der Waals surface area contributed by atoms with Gasteiger partial charge in [0.15, 0.2) is 0 Å². The van der Waals surface area contributed by atoms with E-state index in [1.807, 2.05) is 4.90 Å². The number of aliphatic hydroxyl groups is 1. The van der Waals surface area contributed by atoms with E-state index in [9.17, 15) is 30.1 Å². The predicted molar refractivity (Wildman–Crippen MR) is 148 cm³/mol. The number of methoxy groups -OCH3 is 2. The fourth-order valence-electron chi connectivity index (χ4n) is 5.20. The Hall–Kier alpha value is -4.93. The van der Waals surface area contributed by atoms with Crippen molar-refractivity contribution in [1.82, 2.24) is 4.90 Å². The highest BCUT2D eigenvalue weighted by Crippen LogP contribution is 2.44. The number of carbonyl (C=O) groups is 2. The Labute approximate surface area is 236 Å². The van der Waals surface area contributed by atoms with Crippen LogP contribution in [0.2, 0.25) is 0 Å². The molecule has 1 unspecified atom stereocenters. The molecule has 2 aliphatic rings. The van der Waals surface area contributed by atoms with E-state index in [4.69, 9.17) is 15.2 Å². The molecule has 41 heavy (non-hydrogen) atoms. The minimum Gasteiger partial charge on any atom is -0.466 e. The summed E-state index contributed by atoms with van der Waals surface area (Å²) in [6.45, 7) is 2.79. The SMILES string of the molecule is COC(=O)C1=C(C(=O)OC)N(c2ccc(N3CCN(CCO)CC3)c([N+](=O)[O-])c2)C(N)=C(C#N)C1c1ccccc1. The smallest absolute Gasteiger partial charge is 0.355 e. The van der Waals surface area contributed by atoms with Crippen LogP contribution in [0.4, 0.5) is 17.1 Å². The number of β-amino-alcohol motifs (C(OH)–C–C–N with tert-alkyl or cyclic N) is 1. The number of anilines is 2. The van der Waals surface area contributed by atoms with Gasteiger partial charge in [0.1, 0.15) is 17.2 Å². The highest BCUT2D eigenvalue weighted by molar-refractivity contribution is 6.06. The number of nitriles is 1. The number of nitrogens with zero attached hydrogens (tertiary/aromatic N) is 5. The average molecular weight is 563 g/mol. The van der Waals surface area contributed by atoms with Gasteiger partial charge in [-0.05, 0) is 17.7 Å². The van der Waals surface area contributed by atoms with Gasteiger partial charge < -0.3 is 25.2 Å². The first-order valence-corrected chi connectivity index (χ1v) is 12.8. The van der Waals surface area contributed by atoms with Crippen LogP contribution in [0.15, 0.2) is 71.2 Å². The lowest BCUT2D eigenvalue weighted by Gasteiger charge is -2.37. The average Bonchev–Trinajstić information content (AvgIpc) is 3.00. The quantitative estimate of drug-likeness (QED) is 0.270. The van der Waals surface area contributed by atoms with E-state index in [0.29, 0.717) is 44.0 Å². The normalized spacial score (nSPS) is 17.8. The van der Waals surface area contributed by atoms with Crippen LogP contribution in [0.25, 0.3) is 0 Å². The van der Waals surface area contributed by atoms with Gasteiger partial charge >= 0.3 is 11.9 Å². The summed E-state index contributed by atoms with van der Waals surface area (Å²) in [5.74, 6) is -3.08. The van der Waals surface area contributed by atoms with Gasteiger partial charge in [-0.15, -0.1) is 0 Å². The Bertz CT molecular complexity index is 1440. The maximum Gasteiger partial charge on any atom is 0.355 e. The number of hydrogen-bond acceptors (Lipinski definition) is 12. The van der Waals surface area contributed by atoms with Gasteiger partial charge in [0.2, 0.25) is 0 Å². The first-order chi connectivity index (χ1) is 19.8. The molecule has 0 radical (unpaired) electrons. The summed E-state index contributed by atoms with van der Waals surface area (Å²) in [6, 6.07) is 14.9. The molecule has 2 aliphatic heterocycles. The fourth-order valence-corrected chi connectivity index (χ4v) is 5.20. The van der Waals surface area contributed by atoms with Crippen molar-refractivity contribution in [3.8, 4) is 6.07 Å². The van der Waals surface area contributed by atoms with Gasteiger partial charge in [0.05, 0.1) is 54.6 Å². The number of ether oxygens (including phenoxy) is 2. The van der Waals surface area contributed by atoms with Crippen molar-refractivity contribution in [2.75, 3.05) is 63.4 Å². The Morgan fingerprint density at radius 3 is 2.32 bits per heavy atom. The summed E-state index contributed by atoms with van der Waals surface area (Å²) < 4.78 is 10.0. The van der Waals surface area contributed by atoms with Crippen molar-refractivity contribution in [2.45, 2.75) is 5.92 Å². The fraction of sp³-hybridized carbons (Fsp3) is 0.321. The van der Waals surface area contributed by atoms with Crippen LogP contribution in [0.5, 0.6) is 0 Å². The minimum absolute atomic E-state index is 0.0268. The summed E-state index contributed by atoms with van der Waals surface area (Å²) in [6.07, 6.45) is 0. The Morgan fingerprint density at radius 1 is 1.10 bits per heavy atom. The minimum atomic E-state index is -1.05. The summed E-state index contributed by atoms with van der Waals surface area (Å²) >= 11 is 0. The second kappa shape index (κ2) is 12.5. The van der Waals surface area contributed by atoms with Gasteiger partial charge in [-0.3, -0.25) is 19.9 Å². The van der Waals surface area contributed by atoms with E-state index in [0.717, 1.165) is 19.1 Å². The topological polar surface area (TPSA) is 176 Å². The van der Waals surface area contributed by atoms with Crippen LogP contribution >= 0.6 is 0 Å². The number of allylic oxidation sites excluding steroid dienone is 1. The zero-order valence-electron chi connectivity index (χ0n) is 22.6. The van der Waals surface area contributed by atoms with E-state index >= 15 is 0 Å². The molecular formula is C28H30N6O7. The number of nitro benzene ring substituents is 1. The van der Waals surface area contributed by atoms with Crippen molar-refractivity contribution in [3.63, 3.8) is 0 Å². The van der Waals surface area contributed by atoms with Crippen molar-refractivity contribution >= 4 is 29.0 Å². The lowest BCUT2D eigenvalue weighted by atomic mass is 9.81. The third-order valence-corrected chi connectivity index (χ3v) is 7.15. The van der Waals surface area contributed by atoms with Crippen LogP contribution in [0.3, 0.4) is 0 Å². The third kappa shape index (κ3) is 5.56. The zero-order chi connectivity index (χ0) is 29.7. The molecule has 2 aromatic rings. The number of aliphatic hydroxyl groups excluding tert-OH is 1. The van der Waals surface area contributed by atoms with Gasteiger partial charge in [-0.25, -0.2) is 9.59 Å². The van der Waals surface area contributed by atoms with Crippen LogP contribution in [-0.2, 0) is 19.1 Å². The van der Waals surface area contributed by atoms with Crippen molar-refractivity contribution in [1.29, 1.82) is 5.26 Å². The first kappa shape index (κ1) is 29.1. The number of esters is 2. The van der Waals surface area contributed by atoms with Gasteiger partial charge in [0.25, 0.3) is 5.69 Å². The van der Waals surface area contributed by atoms with Crippen LogP contribution in [-0.4, -0.2) is 80.4 Å². The molecule has 0 amide bonds. The van der Waals surface area contributed by atoms with Gasteiger partial charge in [-0.1, -0.05) is 30.3 Å². The molecule has 214 valence electrons. The van der Waals surface area contributed by atoms with E-state index in [2.05, 4.69) is 11.0 Å². The second-order valence-corrected chi connectivity index (χ2v) is 9.32. The maximum absolute atomic E-state index is 13.3. The Kier molecular flexibility index (Phi) is 8.86. The van der Waals surface area contributed by atoms with Gasteiger partial charge in [0, 0.05) is 38.8 Å². The van der Waals surface area contributed by atoms with Crippen LogP contribution in [0.1, 0.15) is 11.5 Å². The summed E-state index contributed by atoms with van der Waals surface area (Å²) in [7, 11) is 2.27. The van der Waals surface area contributed by atoms with Crippen molar-refractivity contribution < 1.29 is 29.1 Å². The monoisotopic (exact) mass is 562 g/mol. The standard InChI is InChI=1S/C28H30N6O7/c1-40-27(36)24-23(18-6-4-3-5-7-18)20(17-29)26(30)33(25(24)28(37)41-2)19-8-9-21(22(16-19)34(38)39)32-12-10-31(11-13-32)14-15-35/h3-9,16,23,35H,10-15,30H2,1-2H3. The molecule has 1 fully saturated rings. The van der Waals surface area contributed by atoms with Crippen molar-refractivity contribution in [2.24, 2.45) is 5.73 Å². The molecule has 0 aromatic heterocycles. The summed E-state index contributed by atoms with van der Waals surface area (Å²) in [5.41, 5.74) is 6.66. The number of carbonyl (C=O) groups excluding carboxylic acids is 2. The molecule has 13 heteroatoms. The van der Waals surface area contributed by atoms with Gasteiger partial charge in [-0.2, -0.15) is 5.26 Å². The van der Waals surface area contributed by atoms with E-state index in [-0.39, 0.29) is 40.6 Å².